The average molecular weight is 305 g/mol. The van der Waals surface area contributed by atoms with Gasteiger partial charge in [-0.25, -0.2) is 9.78 Å². The molecule has 0 unspecified atom stereocenters. The van der Waals surface area contributed by atoms with Crippen LogP contribution in [0.2, 0.25) is 0 Å². The summed E-state index contributed by atoms with van der Waals surface area (Å²) in [7, 11) is 2.95. The Labute approximate surface area is 125 Å². The standard InChI is InChI=1S/C13H15N5O4/c1-16-11-10(12(20)17(2)13(16)21)18(8-15-11)6-3-4-9(19)22-7-5-14/h8H,3-4,6-7H2,1-2H3. The Morgan fingerprint density at radius 1 is 1.36 bits per heavy atom. The second-order valence-electron chi connectivity index (χ2n) is 4.74. The molecule has 0 atom stereocenters. The van der Waals surface area contributed by atoms with Crippen LogP contribution in [0.4, 0.5) is 0 Å². The molecule has 2 rings (SSSR count). The molecule has 9 heteroatoms. The van der Waals surface area contributed by atoms with E-state index in [1.54, 1.807) is 17.7 Å². The van der Waals surface area contributed by atoms with E-state index >= 15 is 0 Å². The van der Waals surface area contributed by atoms with Crippen LogP contribution < -0.4 is 11.2 Å². The molecule has 0 aliphatic rings. The summed E-state index contributed by atoms with van der Waals surface area (Å²) in [5.74, 6) is -0.466. The lowest BCUT2D eigenvalue weighted by Gasteiger charge is -2.06. The lowest BCUT2D eigenvalue weighted by molar-refractivity contribution is -0.142. The molecule has 2 aromatic rings. The summed E-state index contributed by atoms with van der Waals surface area (Å²) >= 11 is 0. The molecule has 0 N–H and O–H groups in total. The van der Waals surface area contributed by atoms with E-state index in [1.165, 1.54) is 17.9 Å². The van der Waals surface area contributed by atoms with Crippen LogP contribution in [0.25, 0.3) is 11.2 Å². The number of hydrogen-bond donors (Lipinski definition) is 0. The van der Waals surface area contributed by atoms with Gasteiger partial charge in [-0.15, -0.1) is 0 Å². The van der Waals surface area contributed by atoms with Crippen LogP contribution in [0.15, 0.2) is 15.9 Å². The second-order valence-corrected chi connectivity index (χ2v) is 4.74. The summed E-state index contributed by atoms with van der Waals surface area (Å²) in [6, 6.07) is 1.72. The molecule has 0 aliphatic heterocycles. The minimum atomic E-state index is -0.466. The van der Waals surface area contributed by atoms with Crippen molar-refractivity contribution in [2.75, 3.05) is 6.61 Å². The molecule has 2 heterocycles. The number of nitrogens with zero attached hydrogens (tertiary/aromatic N) is 5. The van der Waals surface area contributed by atoms with Gasteiger partial charge in [0.25, 0.3) is 5.56 Å². The van der Waals surface area contributed by atoms with Gasteiger partial charge in [-0.05, 0) is 6.42 Å². The SMILES string of the molecule is Cn1c(=O)c2c(ncn2CCCC(=O)OCC#N)n(C)c1=O. The maximum Gasteiger partial charge on any atom is 0.332 e. The molecule has 0 saturated carbocycles. The quantitative estimate of drug-likeness (QED) is 0.674. The zero-order valence-corrected chi connectivity index (χ0v) is 12.3. The minimum absolute atomic E-state index is 0.132. The Kier molecular flexibility index (Phi) is 4.41. The normalized spacial score (nSPS) is 10.6. The number of rotatable bonds is 5. The highest BCUT2D eigenvalue weighted by Crippen LogP contribution is 2.07. The Hall–Kier alpha value is -2.89. The van der Waals surface area contributed by atoms with E-state index < -0.39 is 17.2 Å². The topological polar surface area (TPSA) is 112 Å². The minimum Gasteiger partial charge on any atom is -0.450 e. The number of nitriles is 1. The number of carbonyl (C=O) groups is 1. The fourth-order valence-electron chi connectivity index (χ4n) is 2.15. The highest BCUT2D eigenvalue weighted by molar-refractivity contribution is 5.70. The lowest BCUT2D eigenvalue weighted by Crippen LogP contribution is -2.37. The Balaban J connectivity index is 2.21. The van der Waals surface area contributed by atoms with Gasteiger partial charge >= 0.3 is 11.7 Å². The van der Waals surface area contributed by atoms with Crippen molar-refractivity contribution in [3.05, 3.63) is 27.2 Å². The number of esters is 1. The number of aryl methyl sites for hydroxylation is 2. The molecule has 0 amide bonds. The van der Waals surface area contributed by atoms with Crippen molar-refractivity contribution in [2.45, 2.75) is 19.4 Å². The molecule has 2 aromatic heterocycles. The van der Waals surface area contributed by atoms with Gasteiger partial charge in [0.15, 0.2) is 17.8 Å². The summed E-state index contributed by atoms with van der Waals surface area (Å²) in [5.41, 5.74) is -0.249. The highest BCUT2D eigenvalue weighted by Gasteiger charge is 2.14. The molecular weight excluding hydrogens is 290 g/mol. The lowest BCUT2D eigenvalue weighted by atomic mass is 10.3. The molecule has 0 aromatic carbocycles. The smallest absolute Gasteiger partial charge is 0.332 e. The van der Waals surface area contributed by atoms with Crippen LogP contribution in [0.1, 0.15) is 12.8 Å². The van der Waals surface area contributed by atoms with Crippen molar-refractivity contribution in [3.63, 3.8) is 0 Å². The molecular formula is C13H15N5O4. The number of ether oxygens (including phenoxy) is 1. The van der Waals surface area contributed by atoms with Crippen molar-refractivity contribution >= 4 is 17.1 Å². The van der Waals surface area contributed by atoms with E-state index in [0.717, 1.165) is 4.57 Å². The third-order valence-corrected chi connectivity index (χ3v) is 3.29. The largest absolute Gasteiger partial charge is 0.450 e. The third-order valence-electron chi connectivity index (χ3n) is 3.29. The molecule has 0 saturated heterocycles. The van der Waals surface area contributed by atoms with Gasteiger partial charge in [-0.3, -0.25) is 18.7 Å². The van der Waals surface area contributed by atoms with Crippen LogP contribution in [-0.4, -0.2) is 31.3 Å². The molecule has 0 bridgehead atoms. The number of hydrogen-bond acceptors (Lipinski definition) is 6. The summed E-state index contributed by atoms with van der Waals surface area (Å²) in [5, 5.41) is 8.31. The molecule has 0 radical (unpaired) electrons. The van der Waals surface area contributed by atoms with Crippen molar-refractivity contribution < 1.29 is 9.53 Å². The molecule has 0 spiro atoms. The first kappa shape index (κ1) is 15.5. The summed E-state index contributed by atoms with van der Waals surface area (Å²) in [6.07, 6.45) is 2.03. The number of carbonyl (C=O) groups excluding carboxylic acids is 1. The average Bonchev–Trinajstić information content (AvgIpc) is 2.93. The maximum absolute atomic E-state index is 12.2. The van der Waals surface area contributed by atoms with Crippen molar-refractivity contribution in [3.8, 4) is 6.07 Å². The first-order chi connectivity index (χ1) is 10.5. The summed E-state index contributed by atoms with van der Waals surface area (Å²) in [4.78, 5) is 39.4. The van der Waals surface area contributed by atoms with Crippen LogP contribution >= 0.6 is 0 Å². The predicted molar refractivity (Wildman–Crippen MR) is 76.0 cm³/mol. The number of imidazole rings is 1. The van der Waals surface area contributed by atoms with Crippen LogP contribution in [0.3, 0.4) is 0 Å². The van der Waals surface area contributed by atoms with Gasteiger partial charge in [-0.2, -0.15) is 5.26 Å². The first-order valence-corrected chi connectivity index (χ1v) is 6.60. The Morgan fingerprint density at radius 2 is 2.09 bits per heavy atom. The monoisotopic (exact) mass is 305 g/mol. The summed E-state index contributed by atoms with van der Waals surface area (Å²) < 4.78 is 8.56. The Bertz CT molecular complexity index is 867. The van der Waals surface area contributed by atoms with Gasteiger partial charge in [0.2, 0.25) is 0 Å². The van der Waals surface area contributed by atoms with E-state index in [-0.39, 0.29) is 13.0 Å². The van der Waals surface area contributed by atoms with Gasteiger partial charge in [-0.1, -0.05) is 0 Å². The number of aromatic nitrogens is 4. The van der Waals surface area contributed by atoms with E-state index in [9.17, 15) is 14.4 Å². The van der Waals surface area contributed by atoms with Crippen molar-refractivity contribution in [1.82, 2.24) is 18.7 Å². The molecule has 9 nitrogen and oxygen atoms in total. The summed E-state index contributed by atoms with van der Waals surface area (Å²) in [6.45, 7) is 0.112. The van der Waals surface area contributed by atoms with E-state index in [1.807, 2.05) is 0 Å². The number of fused-ring (bicyclic) bond motifs is 1. The van der Waals surface area contributed by atoms with E-state index in [0.29, 0.717) is 24.1 Å². The van der Waals surface area contributed by atoms with Crippen molar-refractivity contribution in [2.24, 2.45) is 14.1 Å². The van der Waals surface area contributed by atoms with E-state index in [2.05, 4.69) is 9.72 Å². The fourth-order valence-corrected chi connectivity index (χ4v) is 2.15. The fraction of sp³-hybridized carbons (Fsp3) is 0.462. The second kappa shape index (κ2) is 6.26. The molecule has 0 aliphatic carbocycles. The molecule has 116 valence electrons. The highest BCUT2D eigenvalue weighted by atomic mass is 16.5. The first-order valence-electron chi connectivity index (χ1n) is 6.60. The van der Waals surface area contributed by atoms with Gasteiger partial charge < -0.3 is 9.30 Å². The van der Waals surface area contributed by atoms with Gasteiger partial charge in [0, 0.05) is 27.1 Å². The molecule has 0 fully saturated rings. The Morgan fingerprint density at radius 3 is 2.77 bits per heavy atom. The maximum atomic E-state index is 12.2. The predicted octanol–water partition coefficient (Wildman–Crippen LogP) is -0.719. The van der Waals surface area contributed by atoms with Gasteiger partial charge in [0.1, 0.15) is 6.07 Å². The zero-order valence-electron chi connectivity index (χ0n) is 12.3. The van der Waals surface area contributed by atoms with Crippen molar-refractivity contribution in [1.29, 1.82) is 5.26 Å². The molecule has 22 heavy (non-hydrogen) atoms. The van der Waals surface area contributed by atoms with Crippen LogP contribution in [0, 0.1) is 11.3 Å². The van der Waals surface area contributed by atoms with Crippen LogP contribution in [-0.2, 0) is 30.2 Å². The zero-order chi connectivity index (χ0) is 16.3. The van der Waals surface area contributed by atoms with Gasteiger partial charge in [0.05, 0.1) is 6.33 Å². The van der Waals surface area contributed by atoms with E-state index in [4.69, 9.17) is 5.26 Å². The van der Waals surface area contributed by atoms with Crippen LogP contribution in [0.5, 0.6) is 0 Å². The third kappa shape index (κ3) is 2.76.